The fourth-order valence-corrected chi connectivity index (χ4v) is 2.07. The molecule has 1 heterocycles. The number of rotatable bonds is 2. The predicted molar refractivity (Wildman–Crippen MR) is 57.4 cm³/mol. The van der Waals surface area contributed by atoms with Gasteiger partial charge in [0.25, 0.3) is 0 Å². The van der Waals surface area contributed by atoms with Crippen LogP contribution < -0.4 is 0 Å². The molecule has 0 radical (unpaired) electrons. The molecule has 1 aromatic rings. The van der Waals surface area contributed by atoms with Crippen molar-refractivity contribution in [3.63, 3.8) is 0 Å². The first-order valence-corrected chi connectivity index (χ1v) is 5.98. The van der Waals surface area contributed by atoms with Gasteiger partial charge in [0.15, 0.2) is 0 Å². The molecule has 2 rings (SSSR count). The van der Waals surface area contributed by atoms with Crippen molar-refractivity contribution in [1.29, 1.82) is 0 Å². The van der Waals surface area contributed by atoms with Crippen molar-refractivity contribution in [2.75, 3.05) is 0 Å². The minimum Gasteiger partial charge on any atom is -0.384 e. The molecule has 0 amide bonds. The van der Waals surface area contributed by atoms with Gasteiger partial charge in [-0.3, -0.25) is 0 Å². The van der Waals surface area contributed by atoms with E-state index in [0.29, 0.717) is 12.2 Å². The molecule has 1 aliphatic rings. The van der Waals surface area contributed by atoms with Crippen LogP contribution in [0.5, 0.6) is 0 Å². The lowest BCUT2D eigenvalue weighted by atomic mass is 10.1. The van der Waals surface area contributed by atoms with Gasteiger partial charge in [0, 0.05) is 6.42 Å². The summed E-state index contributed by atoms with van der Waals surface area (Å²) in [7, 11) is -3.50. The van der Waals surface area contributed by atoms with E-state index < -0.39 is 10.1 Å². The van der Waals surface area contributed by atoms with Gasteiger partial charge in [0.1, 0.15) is 5.76 Å². The summed E-state index contributed by atoms with van der Waals surface area (Å²) in [6.07, 6.45) is 3.63. The standard InChI is InChI=1S/C11H10O3S/c12-15(13)8-4-7-11(14-15)9-10-5-2-1-3-6-10/h1-8H,9H2. The van der Waals surface area contributed by atoms with Crippen LogP contribution in [0.1, 0.15) is 5.56 Å². The first-order valence-electron chi connectivity index (χ1n) is 4.51. The molecular formula is C11H10O3S. The van der Waals surface area contributed by atoms with Crippen LogP contribution in [0, 0.1) is 0 Å². The van der Waals surface area contributed by atoms with Crippen molar-refractivity contribution in [2.45, 2.75) is 6.42 Å². The molecule has 1 aliphatic heterocycles. The topological polar surface area (TPSA) is 43.4 Å². The smallest absolute Gasteiger partial charge is 0.331 e. The Hall–Kier alpha value is -1.55. The monoisotopic (exact) mass is 222 g/mol. The fourth-order valence-electron chi connectivity index (χ4n) is 1.33. The second kappa shape index (κ2) is 3.90. The molecular weight excluding hydrogens is 212 g/mol. The summed E-state index contributed by atoms with van der Waals surface area (Å²) in [5.41, 5.74) is 1.02. The number of allylic oxidation sites excluding steroid dienone is 3. The summed E-state index contributed by atoms with van der Waals surface area (Å²) in [4.78, 5) is 0. The number of hydrogen-bond donors (Lipinski definition) is 0. The van der Waals surface area contributed by atoms with Gasteiger partial charge in [-0.2, -0.15) is 8.42 Å². The van der Waals surface area contributed by atoms with Gasteiger partial charge >= 0.3 is 10.1 Å². The Bertz CT molecular complexity index is 498. The molecule has 4 heteroatoms. The average Bonchev–Trinajstić information content (AvgIpc) is 2.17. The molecule has 78 valence electrons. The summed E-state index contributed by atoms with van der Waals surface area (Å²) < 4.78 is 27.0. The van der Waals surface area contributed by atoms with E-state index in [2.05, 4.69) is 0 Å². The minimum atomic E-state index is -3.50. The molecule has 0 unspecified atom stereocenters. The van der Waals surface area contributed by atoms with Crippen LogP contribution in [0.25, 0.3) is 0 Å². The highest BCUT2D eigenvalue weighted by Gasteiger charge is 2.13. The first kappa shape index (κ1) is 9.98. The largest absolute Gasteiger partial charge is 0.384 e. The van der Waals surface area contributed by atoms with Crippen LogP contribution in [-0.2, 0) is 20.7 Å². The summed E-state index contributed by atoms with van der Waals surface area (Å²) in [5, 5.41) is 1.04. The Balaban J connectivity index is 2.15. The maximum Gasteiger partial charge on any atom is 0.331 e. The van der Waals surface area contributed by atoms with Gasteiger partial charge in [-0.1, -0.05) is 30.3 Å². The second-order valence-corrected chi connectivity index (χ2v) is 4.62. The van der Waals surface area contributed by atoms with Gasteiger partial charge < -0.3 is 4.18 Å². The van der Waals surface area contributed by atoms with Crippen LogP contribution in [-0.4, -0.2) is 8.42 Å². The summed E-state index contributed by atoms with van der Waals surface area (Å²) >= 11 is 0. The van der Waals surface area contributed by atoms with E-state index in [1.807, 2.05) is 30.3 Å². The van der Waals surface area contributed by atoms with E-state index >= 15 is 0 Å². The summed E-state index contributed by atoms with van der Waals surface area (Å²) in [6, 6.07) is 9.58. The third kappa shape index (κ3) is 2.70. The molecule has 0 aromatic heterocycles. The molecule has 0 saturated heterocycles. The average molecular weight is 222 g/mol. The Kier molecular flexibility index (Phi) is 2.60. The molecule has 0 bridgehead atoms. The highest BCUT2D eigenvalue weighted by Crippen LogP contribution is 2.16. The Morgan fingerprint density at radius 2 is 1.87 bits per heavy atom. The first-order chi connectivity index (χ1) is 7.16. The molecule has 0 atom stereocenters. The lowest BCUT2D eigenvalue weighted by Crippen LogP contribution is -2.06. The van der Waals surface area contributed by atoms with E-state index in [-0.39, 0.29) is 0 Å². The Labute approximate surface area is 88.8 Å². The normalized spacial score (nSPS) is 18.0. The highest BCUT2D eigenvalue weighted by molar-refractivity contribution is 7.89. The van der Waals surface area contributed by atoms with Gasteiger partial charge in [0.2, 0.25) is 0 Å². The SMILES string of the molecule is O=S1(=O)C=CC=C(Cc2ccccc2)O1. The number of hydrogen-bond acceptors (Lipinski definition) is 3. The summed E-state index contributed by atoms with van der Waals surface area (Å²) in [5.74, 6) is 0.448. The lowest BCUT2D eigenvalue weighted by Gasteiger charge is -2.10. The molecule has 0 spiro atoms. The van der Waals surface area contributed by atoms with E-state index in [1.54, 1.807) is 6.08 Å². The van der Waals surface area contributed by atoms with E-state index in [9.17, 15) is 8.42 Å². The highest BCUT2D eigenvalue weighted by atomic mass is 32.2. The maximum absolute atomic E-state index is 11.1. The molecule has 3 nitrogen and oxygen atoms in total. The van der Waals surface area contributed by atoms with Crippen LogP contribution >= 0.6 is 0 Å². The van der Waals surface area contributed by atoms with Gasteiger partial charge in [0.05, 0.1) is 5.41 Å². The van der Waals surface area contributed by atoms with Crippen molar-refractivity contribution in [2.24, 2.45) is 0 Å². The zero-order valence-electron chi connectivity index (χ0n) is 7.96. The molecule has 15 heavy (non-hydrogen) atoms. The van der Waals surface area contributed by atoms with Crippen molar-refractivity contribution >= 4 is 10.1 Å². The molecule has 1 aromatic carbocycles. The quantitative estimate of drug-likeness (QED) is 0.719. The minimum absolute atomic E-state index is 0.448. The zero-order valence-corrected chi connectivity index (χ0v) is 8.78. The lowest BCUT2D eigenvalue weighted by molar-refractivity contribution is 0.403. The molecule has 0 N–H and O–H groups in total. The zero-order chi connectivity index (χ0) is 10.7. The van der Waals surface area contributed by atoms with Crippen molar-refractivity contribution in [3.05, 3.63) is 59.2 Å². The van der Waals surface area contributed by atoms with Crippen LogP contribution in [0.3, 0.4) is 0 Å². The fraction of sp³-hybridized carbons (Fsp3) is 0.0909. The predicted octanol–water partition coefficient (Wildman–Crippen LogP) is 1.99. The Morgan fingerprint density at radius 1 is 1.13 bits per heavy atom. The van der Waals surface area contributed by atoms with E-state index in [0.717, 1.165) is 11.0 Å². The van der Waals surface area contributed by atoms with Crippen LogP contribution in [0.15, 0.2) is 53.7 Å². The van der Waals surface area contributed by atoms with Crippen molar-refractivity contribution < 1.29 is 12.6 Å². The van der Waals surface area contributed by atoms with E-state index in [1.165, 1.54) is 6.08 Å². The van der Waals surface area contributed by atoms with Gasteiger partial charge in [-0.15, -0.1) is 0 Å². The van der Waals surface area contributed by atoms with Crippen molar-refractivity contribution in [1.82, 2.24) is 0 Å². The van der Waals surface area contributed by atoms with E-state index in [4.69, 9.17) is 4.18 Å². The van der Waals surface area contributed by atoms with Crippen molar-refractivity contribution in [3.8, 4) is 0 Å². The van der Waals surface area contributed by atoms with Gasteiger partial charge in [-0.25, -0.2) is 0 Å². The van der Waals surface area contributed by atoms with Gasteiger partial charge in [-0.05, 0) is 17.7 Å². The maximum atomic E-state index is 11.1. The molecule has 0 aliphatic carbocycles. The third-order valence-electron chi connectivity index (χ3n) is 1.97. The Morgan fingerprint density at radius 3 is 2.53 bits per heavy atom. The van der Waals surface area contributed by atoms with Crippen LogP contribution in [0.4, 0.5) is 0 Å². The molecule has 0 fully saturated rings. The second-order valence-electron chi connectivity index (χ2n) is 3.20. The number of benzene rings is 1. The third-order valence-corrected chi connectivity index (χ3v) is 2.91. The summed E-state index contributed by atoms with van der Waals surface area (Å²) in [6.45, 7) is 0. The molecule has 0 saturated carbocycles. The van der Waals surface area contributed by atoms with Crippen LogP contribution in [0.2, 0.25) is 0 Å².